The Kier molecular flexibility index (Phi) is 13.2. The number of benzene rings is 2. The molecule has 1 unspecified atom stereocenters. The molecular weight excluding hydrogens is 468 g/mol. The molecule has 1 amide bonds. The number of esters is 1. The zero-order chi connectivity index (χ0) is 26.9. The number of amides is 1. The number of hydrogen-bond acceptors (Lipinski definition) is 5. The van der Waals surface area contributed by atoms with Crippen LogP contribution in [0.4, 0.5) is 4.79 Å². The number of hydrogen-bond donors (Lipinski definition) is 2. The van der Waals surface area contributed by atoms with Crippen LogP contribution in [0.1, 0.15) is 52.4 Å². The summed E-state index contributed by atoms with van der Waals surface area (Å²) >= 11 is 0. The minimum absolute atomic E-state index is 0.0483. The predicted octanol–water partition coefficient (Wildman–Crippen LogP) is 5.17. The van der Waals surface area contributed by atoms with Gasteiger partial charge in [0.2, 0.25) is 0 Å². The fourth-order valence-electron chi connectivity index (χ4n) is 3.63. The fourth-order valence-corrected chi connectivity index (χ4v) is 3.63. The molecule has 3 aromatic rings. The average molecular weight is 505 g/mol. The van der Waals surface area contributed by atoms with E-state index >= 15 is 0 Å². The second-order valence-electron chi connectivity index (χ2n) is 8.43. The molecule has 7 nitrogen and oxygen atoms in total. The van der Waals surface area contributed by atoms with Crippen LogP contribution in [-0.4, -0.2) is 41.1 Å². The molecule has 0 aliphatic carbocycles. The van der Waals surface area contributed by atoms with E-state index in [4.69, 9.17) is 15.6 Å². The van der Waals surface area contributed by atoms with Gasteiger partial charge in [0.15, 0.2) is 0 Å². The van der Waals surface area contributed by atoms with Gasteiger partial charge in [-0.15, -0.1) is 0 Å². The number of carbonyl (C=O) groups excluding carboxylic acids is 2. The van der Waals surface area contributed by atoms with E-state index in [0.29, 0.717) is 13.2 Å². The Morgan fingerprint density at radius 3 is 2.19 bits per heavy atom. The summed E-state index contributed by atoms with van der Waals surface area (Å²) in [6.45, 7) is 4.89. The van der Waals surface area contributed by atoms with Gasteiger partial charge in [-0.3, -0.25) is 4.79 Å². The number of unbranched alkanes of at least 4 members (excludes halogenated alkanes) is 3. The number of fused-ring (bicyclic) bond motifs is 3. The smallest absolute Gasteiger partial charge is 0.404 e. The van der Waals surface area contributed by atoms with Crippen molar-refractivity contribution in [2.75, 3.05) is 13.2 Å². The fraction of sp³-hybridized carbons (Fsp3) is 0.400. The summed E-state index contributed by atoms with van der Waals surface area (Å²) in [6, 6.07) is 16.9. The normalized spacial score (nSPS) is 10.8. The van der Waals surface area contributed by atoms with E-state index in [9.17, 15) is 9.59 Å². The minimum Gasteiger partial charge on any atom is -0.466 e. The maximum Gasteiger partial charge on any atom is 0.404 e. The quantitative estimate of drug-likeness (QED) is 0.225. The van der Waals surface area contributed by atoms with E-state index in [2.05, 4.69) is 81.5 Å². The number of ether oxygens (including phenoxy) is 2. The highest BCUT2D eigenvalue weighted by molar-refractivity contribution is 6.08. The van der Waals surface area contributed by atoms with Crippen molar-refractivity contribution in [3.8, 4) is 23.7 Å². The van der Waals surface area contributed by atoms with E-state index in [1.54, 1.807) is 6.92 Å². The molecule has 0 aliphatic rings. The van der Waals surface area contributed by atoms with Gasteiger partial charge < -0.3 is 24.9 Å². The van der Waals surface area contributed by atoms with Gasteiger partial charge in [0, 0.05) is 34.8 Å². The van der Waals surface area contributed by atoms with Gasteiger partial charge in [-0.1, -0.05) is 61.6 Å². The Hall–Kier alpha value is -3.94. The van der Waals surface area contributed by atoms with Gasteiger partial charge >= 0.3 is 12.1 Å². The molecule has 0 aliphatic heterocycles. The van der Waals surface area contributed by atoms with Crippen LogP contribution in [0, 0.1) is 23.7 Å². The second-order valence-corrected chi connectivity index (χ2v) is 8.43. The second kappa shape index (κ2) is 16.7. The molecule has 1 aromatic heterocycles. The van der Waals surface area contributed by atoms with E-state index in [1.165, 1.54) is 21.8 Å². The van der Waals surface area contributed by atoms with Gasteiger partial charge in [0.25, 0.3) is 0 Å². The standard InChI is InChI=1S/C21H19NO.C9H17NO4/c23-17-11-5-3-1-2-4-10-16-22-20-14-8-6-12-18(20)19-13-7-9-15-21(19)22;1-3-4-5-13-8(11)6-7(2)14-9(10)12/h6-9,12-15,23H,3,5,11,16-17H2;7H,3-6H2,1-2H3,(H2,10,12). The molecular formula is C30H36N2O5. The van der Waals surface area contributed by atoms with Crippen LogP contribution in [-0.2, 0) is 20.8 Å². The number of nitrogens with zero attached hydrogens (tertiary/aromatic N) is 1. The molecule has 1 atom stereocenters. The van der Waals surface area contributed by atoms with Crippen LogP contribution in [0.25, 0.3) is 21.8 Å². The van der Waals surface area contributed by atoms with Crippen LogP contribution in [0.3, 0.4) is 0 Å². The van der Waals surface area contributed by atoms with Gasteiger partial charge in [-0.25, -0.2) is 4.79 Å². The Bertz CT molecular complexity index is 1220. The van der Waals surface area contributed by atoms with Crippen molar-refractivity contribution in [1.29, 1.82) is 0 Å². The third kappa shape index (κ3) is 10.3. The first kappa shape index (κ1) is 29.3. The van der Waals surface area contributed by atoms with E-state index in [0.717, 1.165) is 32.1 Å². The summed E-state index contributed by atoms with van der Waals surface area (Å²) in [7, 11) is 0. The highest BCUT2D eigenvalue weighted by Gasteiger charge is 2.12. The van der Waals surface area contributed by atoms with Crippen molar-refractivity contribution >= 4 is 33.9 Å². The maximum absolute atomic E-state index is 11.1. The first-order chi connectivity index (χ1) is 18.0. The van der Waals surface area contributed by atoms with Gasteiger partial charge in [0.1, 0.15) is 6.10 Å². The summed E-state index contributed by atoms with van der Waals surface area (Å²) in [5, 5.41) is 11.2. The summed E-state index contributed by atoms with van der Waals surface area (Å²) in [5.41, 5.74) is 7.19. The number of nitrogens with two attached hydrogens (primary N) is 1. The number of aliphatic hydroxyl groups is 1. The molecule has 1 heterocycles. The number of rotatable bonds is 10. The third-order valence-corrected chi connectivity index (χ3v) is 5.40. The Morgan fingerprint density at radius 1 is 0.973 bits per heavy atom. The molecule has 196 valence electrons. The van der Waals surface area contributed by atoms with Crippen LogP contribution in [0.5, 0.6) is 0 Å². The minimum atomic E-state index is -0.876. The molecule has 0 fully saturated rings. The lowest BCUT2D eigenvalue weighted by Gasteiger charge is -2.10. The zero-order valence-electron chi connectivity index (χ0n) is 21.7. The summed E-state index contributed by atoms with van der Waals surface area (Å²) in [5.74, 6) is 11.6. The Labute approximate surface area is 218 Å². The van der Waals surface area contributed by atoms with Gasteiger partial charge in [-0.2, -0.15) is 0 Å². The largest absolute Gasteiger partial charge is 0.466 e. The van der Waals surface area contributed by atoms with Crippen molar-refractivity contribution in [2.24, 2.45) is 5.73 Å². The maximum atomic E-state index is 11.1. The lowest BCUT2D eigenvalue weighted by Crippen LogP contribution is -2.23. The molecule has 0 saturated heterocycles. The first-order valence-corrected chi connectivity index (χ1v) is 12.6. The number of primary amides is 1. The number of para-hydroxylation sites is 2. The first-order valence-electron chi connectivity index (χ1n) is 12.6. The lowest BCUT2D eigenvalue weighted by atomic mass is 10.2. The van der Waals surface area contributed by atoms with Crippen LogP contribution < -0.4 is 5.73 Å². The average Bonchev–Trinajstić information content (AvgIpc) is 3.19. The Balaban J connectivity index is 0.000000298. The molecule has 37 heavy (non-hydrogen) atoms. The van der Waals surface area contributed by atoms with Crippen molar-refractivity contribution in [3.63, 3.8) is 0 Å². The monoisotopic (exact) mass is 504 g/mol. The number of carbonyl (C=O) groups is 2. The van der Waals surface area contributed by atoms with Crippen LogP contribution in [0.15, 0.2) is 48.5 Å². The lowest BCUT2D eigenvalue weighted by molar-refractivity contribution is -0.145. The number of aliphatic hydroxyl groups excluding tert-OH is 1. The Morgan fingerprint density at radius 2 is 1.59 bits per heavy atom. The van der Waals surface area contributed by atoms with Crippen molar-refractivity contribution in [1.82, 2.24) is 4.57 Å². The highest BCUT2D eigenvalue weighted by atomic mass is 16.6. The summed E-state index contributed by atoms with van der Waals surface area (Å²) < 4.78 is 11.7. The molecule has 7 heteroatoms. The molecule has 0 spiro atoms. The van der Waals surface area contributed by atoms with Crippen molar-refractivity contribution in [2.45, 2.75) is 65.0 Å². The number of aromatic nitrogens is 1. The molecule has 0 radical (unpaired) electrons. The van der Waals surface area contributed by atoms with E-state index < -0.39 is 12.2 Å². The van der Waals surface area contributed by atoms with E-state index in [1.807, 2.05) is 6.92 Å². The molecule has 0 saturated carbocycles. The van der Waals surface area contributed by atoms with Crippen LogP contribution in [0.2, 0.25) is 0 Å². The van der Waals surface area contributed by atoms with Gasteiger partial charge in [0.05, 0.1) is 19.6 Å². The highest BCUT2D eigenvalue weighted by Crippen LogP contribution is 2.28. The summed E-state index contributed by atoms with van der Waals surface area (Å²) in [6.07, 6.45) is 3.00. The van der Waals surface area contributed by atoms with Gasteiger partial charge in [-0.05, 0) is 50.2 Å². The molecule has 3 N–H and O–H groups in total. The molecule has 0 bridgehead atoms. The molecule has 2 aromatic carbocycles. The van der Waals surface area contributed by atoms with Crippen LogP contribution >= 0.6 is 0 Å². The van der Waals surface area contributed by atoms with Crippen molar-refractivity contribution < 1.29 is 24.2 Å². The third-order valence-electron chi connectivity index (χ3n) is 5.40. The predicted molar refractivity (Wildman–Crippen MR) is 147 cm³/mol. The molecule has 3 rings (SSSR count). The van der Waals surface area contributed by atoms with Crippen molar-refractivity contribution in [3.05, 3.63) is 48.5 Å². The summed E-state index contributed by atoms with van der Waals surface area (Å²) in [4.78, 5) is 21.4. The topological polar surface area (TPSA) is 104 Å². The van der Waals surface area contributed by atoms with E-state index in [-0.39, 0.29) is 19.0 Å². The SMILES string of the molecule is CCCCOC(=O)CC(C)OC(N)=O.OCCCCC#CC#CCn1c2ccccc2c2ccccc21. The zero-order valence-corrected chi connectivity index (χ0v) is 21.7.